The SMILES string of the molecule is C[C@@H](C(=O)NCCCN1CCCCCC1)N(c1ccc(Cl)cc1)S(C)(=O)=O. The third-order valence-corrected chi connectivity index (χ3v) is 6.31. The van der Waals surface area contributed by atoms with Gasteiger partial charge in [-0.2, -0.15) is 0 Å². The summed E-state index contributed by atoms with van der Waals surface area (Å²) in [5, 5.41) is 3.39. The Kier molecular flexibility index (Phi) is 8.38. The van der Waals surface area contributed by atoms with Gasteiger partial charge in [-0.25, -0.2) is 8.42 Å². The molecule has 0 spiro atoms. The van der Waals surface area contributed by atoms with E-state index in [1.165, 1.54) is 25.7 Å². The highest BCUT2D eigenvalue weighted by Gasteiger charge is 2.28. The molecule has 1 heterocycles. The number of carbonyl (C=O) groups excluding carboxylic acids is 1. The van der Waals surface area contributed by atoms with Crippen LogP contribution in [0.25, 0.3) is 0 Å². The largest absolute Gasteiger partial charge is 0.354 e. The van der Waals surface area contributed by atoms with Crippen molar-refractivity contribution < 1.29 is 13.2 Å². The van der Waals surface area contributed by atoms with Crippen molar-refractivity contribution in [1.29, 1.82) is 0 Å². The van der Waals surface area contributed by atoms with Crippen LogP contribution in [-0.2, 0) is 14.8 Å². The van der Waals surface area contributed by atoms with Gasteiger partial charge >= 0.3 is 0 Å². The Balaban J connectivity index is 1.89. The Labute approximate surface area is 167 Å². The van der Waals surface area contributed by atoms with E-state index >= 15 is 0 Å². The maximum Gasteiger partial charge on any atom is 0.243 e. The lowest BCUT2D eigenvalue weighted by Crippen LogP contribution is -2.48. The lowest BCUT2D eigenvalue weighted by molar-refractivity contribution is -0.121. The van der Waals surface area contributed by atoms with Gasteiger partial charge in [-0.15, -0.1) is 0 Å². The number of benzene rings is 1. The number of amides is 1. The van der Waals surface area contributed by atoms with Crippen molar-refractivity contribution in [3.05, 3.63) is 29.3 Å². The van der Waals surface area contributed by atoms with Crippen LogP contribution in [-0.4, -0.2) is 57.7 Å². The maximum atomic E-state index is 12.5. The number of anilines is 1. The first-order chi connectivity index (χ1) is 12.8. The topological polar surface area (TPSA) is 69.7 Å². The van der Waals surface area contributed by atoms with Crippen molar-refractivity contribution >= 4 is 33.2 Å². The number of nitrogens with one attached hydrogen (secondary N) is 1. The van der Waals surface area contributed by atoms with Gasteiger partial charge in [0.15, 0.2) is 0 Å². The Morgan fingerprint density at radius 1 is 1.19 bits per heavy atom. The quantitative estimate of drug-likeness (QED) is 0.663. The summed E-state index contributed by atoms with van der Waals surface area (Å²) in [6.45, 7) is 5.35. The molecule has 0 saturated carbocycles. The van der Waals surface area contributed by atoms with Gasteiger partial charge in [-0.1, -0.05) is 24.4 Å². The zero-order valence-electron chi connectivity index (χ0n) is 16.2. The minimum atomic E-state index is -3.61. The number of likely N-dealkylation sites (tertiary alicyclic amines) is 1. The molecule has 1 aliphatic heterocycles. The number of carbonyl (C=O) groups is 1. The predicted octanol–water partition coefficient (Wildman–Crippen LogP) is 2.88. The fourth-order valence-electron chi connectivity index (χ4n) is 3.42. The van der Waals surface area contributed by atoms with Gasteiger partial charge in [0, 0.05) is 11.6 Å². The van der Waals surface area contributed by atoms with Crippen LogP contribution in [0.3, 0.4) is 0 Å². The second-order valence-corrected chi connectivity index (χ2v) is 9.41. The molecule has 1 N–H and O–H groups in total. The lowest BCUT2D eigenvalue weighted by Gasteiger charge is -2.28. The van der Waals surface area contributed by atoms with Crippen LogP contribution in [0.2, 0.25) is 5.02 Å². The van der Waals surface area contributed by atoms with E-state index < -0.39 is 16.1 Å². The molecule has 0 unspecified atom stereocenters. The van der Waals surface area contributed by atoms with Gasteiger partial charge in [0.1, 0.15) is 6.04 Å². The summed E-state index contributed by atoms with van der Waals surface area (Å²) in [4.78, 5) is 15.0. The molecule has 1 aromatic carbocycles. The molecule has 0 radical (unpaired) electrons. The molecular weight excluding hydrogens is 386 g/mol. The summed E-state index contributed by atoms with van der Waals surface area (Å²) in [7, 11) is -3.61. The average Bonchev–Trinajstić information content (AvgIpc) is 2.88. The monoisotopic (exact) mass is 415 g/mol. The first-order valence-corrected chi connectivity index (χ1v) is 11.8. The van der Waals surface area contributed by atoms with Crippen LogP contribution in [0.5, 0.6) is 0 Å². The Morgan fingerprint density at radius 3 is 2.33 bits per heavy atom. The van der Waals surface area contributed by atoms with E-state index in [2.05, 4.69) is 10.2 Å². The van der Waals surface area contributed by atoms with Crippen molar-refractivity contribution in [1.82, 2.24) is 10.2 Å². The first-order valence-electron chi connectivity index (χ1n) is 9.54. The lowest BCUT2D eigenvalue weighted by atomic mass is 10.2. The molecule has 1 aliphatic rings. The van der Waals surface area contributed by atoms with Crippen LogP contribution >= 0.6 is 11.6 Å². The van der Waals surface area contributed by atoms with E-state index in [9.17, 15) is 13.2 Å². The average molecular weight is 416 g/mol. The maximum absolute atomic E-state index is 12.5. The van der Waals surface area contributed by atoms with Crippen molar-refractivity contribution in [3.63, 3.8) is 0 Å². The highest BCUT2D eigenvalue weighted by Crippen LogP contribution is 2.23. The molecule has 1 amide bonds. The zero-order valence-corrected chi connectivity index (χ0v) is 17.7. The summed E-state index contributed by atoms with van der Waals surface area (Å²) in [5.74, 6) is -0.300. The molecule has 152 valence electrons. The van der Waals surface area contributed by atoms with Crippen molar-refractivity contribution in [2.75, 3.05) is 36.7 Å². The molecule has 2 rings (SSSR count). The molecule has 1 fully saturated rings. The van der Waals surface area contributed by atoms with Gasteiger partial charge in [0.05, 0.1) is 11.9 Å². The molecule has 1 saturated heterocycles. The molecule has 6 nitrogen and oxygen atoms in total. The first kappa shape index (κ1) is 22.0. The number of rotatable bonds is 8. The van der Waals surface area contributed by atoms with E-state index in [4.69, 9.17) is 11.6 Å². The minimum Gasteiger partial charge on any atom is -0.354 e. The number of hydrogen-bond acceptors (Lipinski definition) is 4. The van der Waals surface area contributed by atoms with Crippen molar-refractivity contribution in [2.24, 2.45) is 0 Å². The second kappa shape index (κ2) is 10.3. The van der Waals surface area contributed by atoms with Crippen LogP contribution in [0.15, 0.2) is 24.3 Å². The smallest absolute Gasteiger partial charge is 0.243 e. The molecule has 27 heavy (non-hydrogen) atoms. The number of nitrogens with zero attached hydrogens (tertiary/aromatic N) is 2. The van der Waals surface area contributed by atoms with Gasteiger partial charge in [0.25, 0.3) is 0 Å². The Morgan fingerprint density at radius 2 is 1.78 bits per heavy atom. The minimum absolute atomic E-state index is 0.300. The highest BCUT2D eigenvalue weighted by atomic mass is 35.5. The standard InChI is InChI=1S/C19H30ClN3O3S/c1-16(23(27(2,25)26)18-10-8-17(20)9-11-18)19(24)21-12-7-15-22-13-5-3-4-6-14-22/h8-11,16H,3-7,12-15H2,1-2H3,(H,21,24)/t16-/m0/s1. The summed E-state index contributed by atoms with van der Waals surface area (Å²) in [5.41, 5.74) is 0.425. The van der Waals surface area contributed by atoms with Crippen LogP contribution in [0, 0.1) is 0 Å². The predicted molar refractivity (Wildman–Crippen MR) is 111 cm³/mol. The molecule has 8 heteroatoms. The third kappa shape index (κ3) is 6.97. The van der Waals surface area contributed by atoms with E-state index in [1.54, 1.807) is 31.2 Å². The number of hydrogen-bond donors (Lipinski definition) is 1. The van der Waals surface area contributed by atoms with E-state index in [-0.39, 0.29) is 5.91 Å². The summed E-state index contributed by atoms with van der Waals surface area (Å²) in [6, 6.07) is 5.60. The Bertz CT molecular complexity index is 701. The molecule has 1 atom stereocenters. The molecular formula is C19H30ClN3O3S. The van der Waals surface area contributed by atoms with Crippen LogP contribution in [0.4, 0.5) is 5.69 Å². The number of halogens is 1. The fraction of sp³-hybridized carbons (Fsp3) is 0.632. The normalized spacial score (nSPS) is 17.1. The highest BCUT2D eigenvalue weighted by molar-refractivity contribution is 7.92. The van der Waals surface area contributed by atoms with Gasteiger partial charge < -0.3 is 10.2 Å². The van der Waals surface area contributed by atoms with Gasteiger partial charge in [0.2, 0.25) is 15.9 Å². The Hall–Kier alpha value is -1.31. The molecule has 0 aliphatic carbocycles. The van der Waals surface area contributed by atoms with E-state index in [0.717, 1.165) is 36.6 Å². The van der Waals surface area contributed by atoms with Gasteiger partial charge in [-0.3, -0.25) is 9.10 Å². The summed E-state index contributed by atoms with van der Waals surface area (Å²) < 4.78 is 25.6. The molecule has 1 aromatic rings. The molecule has 0 aromatic heterocycles. The molecule has 0 bridgehead atoms. The fourth-order valence-corrected chi connectivity index (χ4v) is 4.72. The summed E-state index contributed by atoms with van der Waals surface area (Å²) in [6.07, 6.45) is 7.05. The van der Waals surface area contributed by atoms with E-state index in [0.29, 0.717) is 17.3 Å². The number of sulfonamides is 1. The van der Waals surface area contributed by atoms with Gasteiger partial charge in [-0.05, 0) is 70.1 Å². The van der Waals surface area contributed by atoms with Crippen LogP contribution in [0.1, 0.15) is 39.0 Å². The summed E-state index contributed by atoms with van der Waals surface area (Å²) >= 11 is 5.88. The third-order valence-electron chi connectivity index (χ3n) is 4.82. The van der Waals surface area contributed by atoms with Crippen molar-refractivity contribution in [2.45, 2.75) is 45.1 Å². The second-order valence-electron chi connectivity index (χ2n) is 7.11. The van der Waals surface area contributed by atoms with Crippen molar-refractivity contribution in [3.8, 4) is 0 Å². The van der Waals surface area contributed by atoms with Crippen LogP contribution < -0.4 is 9.62 Å². The zero-order chi connectivity index (χ0) is 19.9. The van der Waals surface area contributed by atoms with E-state index in [1.807, 2.05) is 0 Å².